The number of anilines is 1. The van der Waals surface area contributed by atoms with E-state index in [2.05, 4.69) is 20.7 Å². The summed E-state index contributed by atoms with van der Waals surface area (Å²) < 4.78 is 1.38. The number of carbonyl (C=O) groups is 2. The molecule has 0 aliphatic carbocycles. The Kier molecular flexibility index (Phi) is 5.44. The summed E-state index contributed by atoms with van der Waals surface area (Å²) in [4.78, 5) is 40.6. The Hall–Kier alpha value is -3.72. The molecule has 3 heterocycles. The lowest BCUT2D eigenvalue weighted by atomic mass is 10.2. The molecule has 0 bridgehead atoms. The van der Waals surface area contributed by atoms with Crippen LogP contribution in [0.15, 0.2) is 58.8 Å². The summed E-state index contributed by atoms with van der Waals surface area (Å²) in [5.74, 6) is -0.608. The molecular formula is C21H19N5O3S. The van der Waals surface area contributed by atoms with Crippen LogP contribution in [0, 0.1) is 6.92 Å². The van der Waals surface area contributed by atoms with Crippen LogP contribution in [0.3, 0.4) is 0 Å². The van der Waals surface area contributed by atoms with Crippen molar-refractivity contribution in [2.24, 2.45) is 0 Å². The van der Waals surface area contributed by atoms with E-state index in [-0.39, 0.29) is 17.2 Å². The van der Waals surface area contributed by atoms with Crippen molar-refractivity contribution < 1.29 is 9.59 Å². The van der Waals surface area contributed by atoms with Crippen LogP contribution < -0.4 is 16.2 Å². The molecule has 3 aromatic heterocycles. The Balaban J connectivity index is 1.38. The molecule has 2 amide bonds. The zero-order chi connectivity index (χ0) is 21.1. The van der Waals surface area contributed by atoms with E-state index in [9.17, 15) is 14.4 Å². The molecule has 0 radical (unpaired) electrons. The molecule has 4 rings (SSSR count). The molecule has 152 valence electrons. The quantitative estimate of drug-likeness (QED) is 0.445. The number of nitrogens with one attached hydrogen (secondary N) is 3. The van der Waals surface area contributed by atoms with Crippen LogP contribution in [0.5, 0.6) is 0 Å². The minimum Gasteiger partial charge on any atom is -0.352 e. The van der Waals surface area contributed by atoms with E-state index in [1.165, 1.54) is 15.5 Å². The van der Waals surface area contributed by atoms with Gasteiger partial charge in [0.15, 0.2) is 5.69 Å². The second-order valence-electron chi connectivity index (χ2n) is 6.74. The van der Waals surface area contributed by atoms with E-state index in [4.69, 9.17) is 0 Å². The SMILES string of the molecule is Cc1cn2nc(C(=O)Nc3ccc(C(=O)NCCc4cccs4)cc3)cc2c(=O)[nH]1. The fourth-order valence-corrected chi connectivity index (χ4v) is 3.70. The Morgan fingerprint density at radius 1 is 1.17 bits per heavy atom. The maximum absolute atomic E-state index is 12.5. The fraction of sp³-hybridized carbons (Fsp3) is 0.143. The molecule has 0 aliphatic rings. The number of hydrogen-bond acceptors (Lipinski definition) is 5. The second kappa shape index (κ2) is 8.34. The van der Waals surface area contributed by atoms with E-state index in [0.717, 1.165) is 6.42 Å². The fourth-order valence-electron chi connectivity index (χ4n) is 2.99. The van der Waals surface area contributed by atoms with Gasteiger partial charge < -0.3 is 15.6 Å². The summed E-state index contributed by atoms with van der Waals surface area (Å²) in [6.07, 6.45) is 2.43. The molecular weight excluding hydrogens is 402 g/mol. The first-order chi connectivity index (χ1) is 14.5. The van der Waals surface area contributed by atoms with Gasteiger partial charge in [0.05, 0.1) is 0 Å². The number of H-pyrrole nitrogens is 1. The lowest BCUT2D eigenvalue weighted by molar-refractivity contribution is 0.0953. The first kappa shape index (κ1) is 19.6. The lowest BCUT2D eigenvalue weighted by Gasteiger charge is -2.06. The molecule has 8 nitrogen and oxygen atoms in total. The van der Waals surface area contributed by atoms with Gasteiger partial charge in [0, 0.05) is 40.6 Å². The highest BCUT2D eigenvalue weighted by Gasteiger charge is 2.14. The number of aromatic amines is 1. The maximum atomic E-state index is 12.5. The summed E-state index contributed by atoms with van der Waals surface area (Å²) in [5.41, 5.74) is 1.79. The molecule has 0 atom stereocenters. The van der Waals surface area contributed by atoms with Gasteiger partial charge in [0.25, 0.3) is 17.4 Å². The van der Waals surface area contributed by atoms with Crippen LogP contribution >= 0.6 is 11.3 Å². The number of benzene rings is 1. The van der Waals surface area contributed by atoms with Crippen LogP contribution in [-0.4, -0.2) is 33.0 Å². The zero-order valence-corrected chi connectivity index (χ0v) is 17.0. The van der Waals surface area contributed by atoms with Gasteiger partial charge in [-0.1, -0.05) is 6.07 Å². The van der Waals surface area contributed by atoms with Crippen LogP contribution in [0.2, 0.25) is 0 Å². The summed E-state index contributed by atoms with van der Waals surface area (Å²) in [7, 11) is 0. The zero-order valence-electron chi connectivity index (χ0n) is 16.1. The Labute approximate surface area is 175 Å². The minimum absolute atomic E-state index is 0.126. The Morgan fingerprint density at radius 3 is 2.70 bits per heavy atom. The number of amides is 2. The van der Waals surface area contributed by atoms with Crippen molar-refractivity contribution in [2.45, 2.75) is 13.3 Å². The van der Waals surface area contributed by atoms with E-state index in [0.29, 0.717) is 29.0 Å². The van der Waals surface area contributed by atoms with Gasteiger partial charge in [0.1, 0.15) is 5.52 Å². The van der Waals surface area contributed by atoms with E-state index in [1.807, 2.05) is 17.5 Å². The van der Waals surface area contributed by atoms with Crippen LogP contribution in [-0.2, 0) is 6.42 Å². The van der Waals surface area contributed by atoms with Gasteiger partial charge in [-0.25, -0.2) is 4.52 Å². The molecule has 30 heavy (non-hydrogen) atoms. The van der Waals surface area contributed by atoms with Crippen LogP contribution in [0.25, 0.3) is 5.52 Å². The van der Waals surface area contributed by atoms with Gasteiger partial charge in [0.2, 0.25) is 0 Å². The third-order valence-electron chi connectivity index (χ3n) is 4.47. The topological polar surface area (TPSA) is 108 Å². The van der Waals surface area contributed by atoms with Gasteiger partial charge in [-0.2, -0.15) is 5.10 Å². The number of aromatic nitrogens is 3. The smallest absolute Gasteiger partial charge is 0.276 e. The largest absolute Gasteiger partial charge is 0.352 e. The normalized spacial score (nSPS) is 10.8. The van der Waals surface area contributed by atoms with Crippen molar-refractivity contribution in [2.75, 3.05) is 11.9 Å². The van der Waals surface area contributed by atoms with E-state index < -0.39 is 5.91 Å². The standard InChI is InChI=1S/C21H19N5O3S/c1-13-12-26-18(21(29)23-13)11-17(25-26)20(28)24-15-6-4-14(5-7-15)19(27)22-9-8-16-3-2-10-30-16/h2-7,10-12H,8-9H2,1H3,(H,22,27)(H,23,29)(H,24,28). The molecule has 0 saturated heterocycles. The van der Waals surface area contributed by atoms with Crippen LogP contribution in [0.1, 0.15) is 31.4 Å². The first-order valence-corrected chi connectivity index (χ1v) is 10.2. The van der Waals surface area contributed by atoms with Crippen molar-refractivity contribution >= 4 is 34.4 Å². The molecule has 0 aliphatic heterocycles. The summed E-state index contributed by atoms with van der Waals surface area (Å²) in [6, 6.07) is 12.1. The highest BCUT2D eigenvalue weighted by Crippen LogP contribution is 2.12. The molecule has 1 aromatic carbocycles. The van der Waals surface area contributed by atoms with Crippen molar-refractivity contribution in [3.63, 3.8) is 0 Å². The Bertz CT molecular complexity index is 1260. The maximum Gasteiger partial charge on any atom is 0.276 e. The van der Waals surface area contributed by atoms with E-state index in [1.54, 1.807) is 48.7 Å². The average Bonchev–Trinajstić information content (AvgIpc) is 3.38. The number of carbonyl (C=O) groups excluding carboxylic acids is 2. The predicted octanol–water partition coefficient (Wildman–Crippen LogP) is 2.62. The molecule has 3 N–H and O–H groups in total. The highest BCUT2D eigenvalue weighted by atomic mass is 32.1. The van der Waals surface area contributed by atoms with Crippen molar-refractivity contribution in [3.05, 3.63) is 86.2 Å². The third-order valence-corrected chi connectivity index (χ3v) is 5.41. The number of nitrogens with zero attached hydrogens (tertiary/aromatic N) is 2. The van der Waals surface area contributed by atoms with Crippen molar-refractivity contribution in [1.29, 1.82) is 0 Å². The van der Waals surface area contributed by atoms with Crippen LogP contribution in [0.4, 0.5) is 5.69 Å². The molecule has 0 spiro atoms. The first-order valence-electron chi connectivity index (χ1n) is 9.31. The van der Waals surface area contributed by atoms with Gasteiger partial charge in [-0.3, -0.25) is 14.4 Å². The number of aryl methyl sites for hydroxylation is 1. The molecule has 0 fully saturated rings. The summed E-state index contributed by atoms with van der Waals surface area (Å²) in [6.45, 7) is 2.30. The third kappa shape index (κ3) is 4.31. The van der Waals surface area contributed by atoms with Gasteiger partial charge in [-0.05, 0) is 49.1 Å². The Morgan fingerprint density at radius 2 is 1.97 bits per heavy atom. The molecule has 9 heteroatoms. The summed E-state index contributed by atoms with van der Waals surface area (Å²) >= 11 is 1.66. The number of thiophene rings is 1. The minimum atomic E-state index is -0.441. The monoisotopic (exact) mass is 421 g/mol. The van der Waals surface area contributed by atoms with Crippen molar-refractivity contribution in [1.82, 2.24) is 19.9 Å². The predicted molar refractivity (Wildman–Crippen MR) is 115 cm³/mol. The second-order valence-corrected chi connectivity index (χ2v) is 7.77. The molecule has 4 aromatic rings. The van der Waals surface area contributed by atoms with Gasteiger partial charge in [-0.15, -0.1) is 11.3 Å². The lowest BCUT2D eigenvalue weighted by Crippen LogP contribution is -2.25. The molecule has 0 unspecified atom stereocenters. The van der Waals surface area contributed by atoms with Crippen molar-refractivity contribution in [3.8, 4) is 0 Å². The van der Waals surface area contributed by atoms with Gasteiger partial charge >= 0.3 is 0 Å². The summed E-state index contributed by atoms with van der Waals surface area (Å²) in [5, 5.41) is 11.8. The number of hydrogen-bond donors (Lipinski definition) is 3. The number of fused-ring (bicyclic) bond motifs is 1. The highest BCUT2D eigenvalue weighted by molar-refractivity contribution is 7.09. The van der Waals surface area contributed by atoms with E-state index >= 15 is 0 Å². The number of rotatable bonds is 6. The average molecular weight is 421 g/mol. The molecule has 0 saturated carbocycles.